The fraction of sp³-hybridized carbons (Fsp3) is 0.143. The molecule has 0 bridgehead atoms. The largest absolute Gasteiger partial charge is 0.497 e. The van der Waals surface area contributed by atoms with Crippen LogP contribution in [0.2, 0.25) is 0 Å². The predicted molar refractivity (Wildman–Crippen MR) is 136 cm³/mol. The topological polar surface area (TPSA) is 90.6 Å². The molecule has 0 fully saturated rings. The Hall–Kier alpha value is -4.72. The molecule has 8 heteroatoms. The maximum atomic E-state index is 13.1. The van der Waals surface area contributed by atoms with E-state index in [9.17, 15) is 4.79 Å². The smallest absolute Gasteiger partial charge is 0.232 e. The molecule has 0 spiro atoms. The summed E-state index contributed by atoms with van der Waals surface area (Å²) in [7, 11) is 1.62. The van der Waals surface area contributed by atoms with Gasteiger partial charge in [-0.15, -0.1) is 15.3 Å². The molecule has 0 unspecified atom stereocenters. The SMILES string of the molecule is COc1ccc(-c2nnc3ccc(OCCNC(=O)C(c4ccccc4)c4ccccc4)nn23)cc1. The number of hydrogen-bond acceptors (Lipinski definition) is 6. The van der Waals surface area contributed by atoms with Gasteiger partial charge < -0.3 is 14.8 Å². The van der Waals surface area contributed by atoms with E-state index >= 15 is 0 Å². The van der Waals surface area contributed by atoms with Gasteiger partial charge in [-0.25, -0.2) is 0 Å². The van der Waals surface area contributed by atoms with E-state index < -0.39 is 5.92 Å². The van der Waals surface area contributed by atoms with E-state index in [-0.39, 0.29) is 12.5 Å². The van der Waals surface area contributed by atoms with Crippen LogP contribution in [0.1, 0.15) is 17.0 Å². The third-order valence-corrected chi connectivity index (χ3v) is 5.77. The van der Waals surface area contributed by atoms with Gasteiger partial charge in [-0.2, -0.15) is 4.52 Å². The van der Waals surface area contributed by atoms with E-state index in [0.29, 0.717) is 23.9 Å². The van der Waals surface area contributed by atoms with Crippen LogP contribution in [0.25, 0.3) is 17.0 Å². The normalized spacial score (nSPS) is 10.9. The van der Waals surface area contributed by atoms with Gasteiger partial charge in [-0.05, 0) is 41.5 Å². The minimum Gasteiger partial charge on any atom is -0.497 e. The maximum absolute atomic E-state index is 13.1. The minimum atomic E-state index is -0.397. The molecule has 0 aliphatic rings. The van der Waals surface area contributed by atoms with Crippen molar-refractivity contribution in [1.29, 1.82) is 0 Å². The van der Waals surface area contributed by atoms with Gasteiger partial charge in [0.25, 0.3) is 0 Å². The molecule has 2 heterocycles. The van der Waals surface area contributed by atoms with Crippen LogP contribution in [0.3, 0.4) is 0 Å². The van der Waals surface area contributed by atoms with Crippen molar-refractivity contribution in [2.75, 3.05) is 20.3 Å². The highest BCUT2D eigenvalue weighted by molar-refractivity contribution is 5.87. The van der Waals surface area contributed by atoms with Crippen molar-refractivity contribution in [3.8, 4) is 23.0 Å². The van der Waals surface area contributed by atoms with Gasteiger partial charge in [-0.1, -0.05) is 60.7 Å². The van der Waals surface area contributed by atoms with E-state index in [2.05, 4.69) is 20.6 Å². The summed E-state index contributed by atoms with van der Waals surface area (Å²) < 4.78 is 12.7. The number of amides is 1. The summed E-state index contributed by atoms with van der Waals surface area (Å²) >= 11 is 0. The van der Waals surface area contributed by atoms with Crippen LogP contribution in [0.15, 0.2) is 97.1 Å². The fourth-order valence-electron chi connectivity index (χ4n) is 3.99. The molecule has 3 aromatic carbocycles. The molecule has 180 valence electrons. The number of hydrogen-bond donors (Lipinski definition) is 1. The summed E-state index contributed by atoms with van der Waals surface area (Å²) in [5.41, 5.74) is 3.34. The molecule has 5 rings (SSSR count). The Morgan fingerprint density at radius 2 is 1.53 bits per heavy atom. The number of aromatic nitrogens is 4. The van der Waals surface area contributed by atoms with Crippen molar-refractivity contribution in [2.45, 2.75) is 5.92 Å². The van der Waals surface area contributed by atoms with Gasteiger partial charge in [0.05, 0.1) is 19.6 Å². The molecule has 0 radical (unpaired) electrons. The monoisotopic (exact) mass is 479 g/mol. The van der Waals surface area contributed by atoms with Gasteiger partial charge in [0.1, 0.15) is 12.4 Å². The highest BCUT2D eigenvalue weighted by Gasteiger charge is 2.22. The van der Waals surface area contributed by atoms with Crippen molar-refractivity contribution in [3.05, 3.63) is 108 Å². The first-order chi connectivity index (χ1) is 17.7. The van der Waals surface area contributed by atoms with Crippen molar-refractivity contribution in [2.24, 2.45) is 0 Å². The lowest BCUT2D eigenvalue weighted by Crippen LogP contribution is -2.33. The number of carbonyl (C=O) groups excluding carboxylic acids is 1. The third kappa shape index (κ3) is 5.02. The summed E-state index contributed by atoms with van der Waals surface area (Å²) in [5, 5.41) is 16.0. The molecule has 0 saturated heterocycles. The summed E-state index contributed by atoms with van der Waals surface area (Å²) in [5.74, 6) is 1.29. The molecule has 36 heavy (non-hydrogen) atoms. The Balaban J connectivity index is 1.24. The number of benzene rings is 3. The van der Waals surface area contributed by atoms with Crippen LogP contribution in [0.4, 0.5) is 0 Å². The Morgan fingerprint density at radius 1 is 0.861 bits per heavy atom. The maximum Gasteiger partial charge on any atom is 0.232 e. The Bertz CT molecular complexity index is 1400. The number of ether oxygens (including phenoxy) is 2. The second-order valence-electron chi connectivity index (χ2n) is 8.09. The zero-order valence-corrected chi connectivity index (χ0v) is 19.7. The van der Waals surface area contributed by atoms with Crippen molar-refractivity contribution in [1.82, 2.24) is 25.1 Å². The van der Waals surface area contributed by atoms with E-state index in [1.165, 1.54) is 0 Å². The fourth-order valence-corrected chi connectivity index (χ4v) is 3.99. The summed E-state index contributed by atoms with van der Waals surface area (Å²) in [4.78, 5) is 13.1. The second kappa shape index (κ2) is 10.7. The van der Waals surface area contributed by atoms with Gasteiger partial charge in [0.2, 0.25) is 11.8 Å². The van der Waals surface area contributed by atoms with Crippen LogP contribution in [0.5, 0.6) is 11.6 Å². The third-order valence-electron chi connectivity index (χ3n) is 5.77. The quantitative estimate of drug-likeness (QED) is 0.320. The van der Waals surface area contributed by atoms with Gasteiger partial charge >= 0.3 is 0 Å². The Kier molecular flexibility index (Phi) is 6.84. The molecule has 2 aromatic heterocycles. The van der Waals surface area contributed by atoms with Crippen LogP contribution in [0, 0.1) is 0 Å². The minimum absolute atomic E-state index is 0.0833. The second-order valence-corrected chi connectivity index (χ2v) is 8.09. The summed E-state index contributed by atoms with van der Waals surface area (Å²) in [6, 6.07) is 30.5. The Labute approximate surface area is 208 Å². The van der Waals surface area contributed by atoms with Crippen molar-refractivity contribution >= 4 is 11.6 Å². The first kappa shape index (κ1) is 23.0. The van der Waals surface area contributed by atoms with Crippen LogP contribution >= 0.6 is 0 Å². The first-order valence-corrected chi connectivity index (χ1v) is 11.6. The van der Waals surface area contributed by atoms with Crippen molar-refractivity contribution < 1.29 is 14.3 Å². The average molecular weight is 480 g/mol. The van der Waals surface area contributed by atoms with Crippen LogP contribution < -0.4 is 14.8 Å². The van der Waals surface area contributed by atoms with E-state index in [1.54, 1.807) is 23.8 Å². The van der Waals surface area contributed by atoms with Crippen LogP contribution in [-0.4, -0.2) is 46.0 Å². The number of nitrogens with zero attached hydrogens (tertiary/aromatic N) is 4. The molecule has 0 aliphatic heterocycles. The molecule has 5 aromatic rings. The average Bonchev–Trinajstić information content (AvgIpc) is 3.36. The number of nitrogens with one attached hydrogen (secondary N) is 1. The number of fused-ring (bicyclic) bond motifs is 1. The highest BCUT2D eigenvalue weighted by atomic mass is 16.5. The van der Waals surface area contributed by atoms with Crippen molar-refractivity contribution in [3.63, 3.8) is 0 Å². The first-order valence-electron chi connectivity index (χ1n) is 11.6. The summed E-state index contributed by atoms with van der Waals surface area (Å²) in [6.07, 6.45) is 0. The molecule has 8 nitrogen and oxygen atoms in total. The zero-order valence-electron chi connectivity index (χ0n) is 19.7. The van der Waals surface area contributed by atoms with E-state index in [4.69, 9.17) is 9.47 Å². The number of methoxy groups -OCH3 is 1. The Morgan fingerprint density at radius 3 is 2.17 bits per heavy atom. The molecule has 0 atom stereocenters. The van der Waals surface area contributed by atoms with Gasteiger partial charge in [0.15, 0.2) is 11.5 Å². The molecule has 1 N–H and O–H groups in total. The standard InChI is InChI=1S/C28H25N5O3/c1-35-23-14-12-22(13-15-23)27-31-30-24-16-17-25(32-33(24)27)36-19-18-29-28(34)26(20-8-4-2-5-9-20)21-10-6-3-7-11-21/h2-17,26H,18-19H2,1H3,(H,29,34). The molecule has 1 amide bonds. The predicted octanol–water partition coefficient (Wildman–Crippen LogP) is 4.13. The molecule has 0 saturated carbocycles. The molecular weight excluding hydrogens is 454 g/mol. The number of rotatable bonds is 9. The molecular formula is C28H25N5O3. The van der Waals surface area contributed by atoms with E-state index in [1.807, 2.05) is 84.9 Å². The lowest BCUT2D eigenvalue weighted by Gasteiger charge is -2.18. The summed E-state index contributed by atoms with van der Waals surface area (Å²) in [6.45, 7) is 0.600. The van der Waals surface area contributed by atoms with Gasteiger partial charge in [0, 0.05) is 11.6 Å². The van der Waals surface area contributed by atoms with Gasteiger partial charge in [-0.3, -0.25) is 4.79 Å². The zero-order chi connectivity index (χ0) is 24.7. The highest BCUT2D eigenvalue weighted by Crippen LogP contribution is 2.25. The molecule has 0 aliphatic carbocycles. The van der Waals surface area contributed by atoms with Crippen LogP contribution in [-0.2, 0) is 4.79 Å². The lowest BCUT2D eigenvalue weighted by molar-refractivity contribution is -0.121. The van der Waals surface area contributed by atoms with E-state index in [0.717, 1.165) is 22.4 Å². The lowest BCUT2D eigenvalue weighted by atomic mass is 9.90. The number of carbonyl (C=O) groups is 1.